The number of anilines is 8. The van der Waals surface area contributed by atoms with Crippen molar-refractivity contribution >= 4 is 81.9 Å². The summed E-state index contributed by atoms with van der Waals surface area (Å²) in [5, 5.41) is 1.56. The number of hydrogen-bond acceptors (Lipinski definition) is 3. The van der Waals surface area contributed by atoms with Gasteiger partial charge in [-0.3, -0.25) is 0 Å². The van der Waals surface area contributed by atoms with Gasteiger partial charge in [-0.25, -0.2) is 0 Å². The van der Waals surface area contributed by atoms with Crippen LogP contribution in [0.25, 0.3) is 22.3 Å². The van der Waals surface area contributed by atoms with Gasteiger partial charge in [0.15, 0.2) is 0 Å². The lowest BCUT2D eigenvalue weighted by Crippen LogP contribution is -2.61. The summed E-state index contributed by atoms with van der Waals surface area (Å²) in [5.74, 6) is 0. The van der Waals surface area contributed by atoms with Gasteiger partial charge in [0.25, 0.3) is 6.71 Å². The van der Waals surface area contributed by atoms with Crippen molar-refractivity contribution in [1.82, 2.24) is 0 Å². The van der Waals surface area contributed by atoms with Gasteiger partial charge in [0.05, 0.1) is 25.0 Å². The number of aryl methyl sites for hydroxylation is 1. The molecule has 0 spiro atoms. The van der Waals surface area contributed by atoms with Gasteiger partial charge in [0.2, 0.25) is 0 Å². The molecule has 3 nitrogen and oxygen atoms in total. The Morgan fingerprint density at radius 3 is 1.56 bits per heavy atom. The molecular formula is C73H80BN3Si. The first-order valence-corrected chi connectivity index (χ1v) is 32.8. The Morgan fingerprint density at radius 1 is 0.487 bits per heavy atom. The molecule has 8 aromatic carbocycles. The van der Waals surface area contributed by atoms with Gasteiger partial charge in [-0.05, 0) is 177 Å². The highest BCUT2D eigenvalue weighted by Gasteiger charge is 2.58. The van der Waals surface area contributed by atoms with Gasteiger partial charge in [-0.15, -0.1) is 0 Å². The summed E-state index contributed by atoms with van der Waals surface area (Å²) in [6.07, 6.45) is 7.03. The van der Waals surface area contributed by atoms with Crippen LogP contribution in [-0.2, 0) is 29.1 Å². The van der Waals surface area contributed by atoms with E-state index in [4.69, 9.17) is 0 Å². The van der Waals surface area contributed by atoms with E-state index in [0.717, 1.165) is 19.3 Å². The minimum atomic E-state index is -1.59. The molecule has 1 saturated carbocycles. The lowest BCUT2D eigenvalue weighted by molar-refractivity contribution is 0.195. The molecule has 0 saturated heterocycles. The van der Waals surface area contributed by atoms with Crippen molar-refractivity contribution in [3.63, 3.8) is 0 Å². The Balaban J connectivity index is 1.13. The molecule has 2 unspecified atom stereocenters. The monoisotopic (exact) mass is 1040 g/mol. The highest BCUT2D eigenvalue weighted by molar-refractivity contribution is 7.00. The highest BCUT2D eigenvalue weighted by Crippen LogP contribution is 2.61. The van der Waals surface area contributed by atoms with Crippen molar-refractivity contribution in [2.45, 2.75) is 156 Å². The van der Waals surface area contributed by atoms with E-state index in [2.05, 4.69) is 268 Å². The lowest BCUT2D eigenvalue weighted by atomic mass is 9.33. The second-order valence-electron chi connectivity index (χ2n) is 28.6. The molecule has 5 aliphatic rings. The third-order valence-electron chi connectivity index (χ3n) is 19.5. The minimum Gasteiger partial charge on any atom is -0.334 e. The minimum absolute atomic E-state index is 0.0000839. The molecular weight excluding hydrogens is 958 g/mol. The average molecular weight is 1040 g/mol. The molecule has 1 fully saturated rings. The second-order valence-corrected chi connectivity index (χ2v) is 33.7. The normalized spacial score (nSPS) is 20.0. The molecule has 2 aliphatic carbocycles. The van der Waals surface area contributed by atoms with Crippen molar-refractivity contribution in [3.05, 3.63) is 191 Å². The smallest absolute Gasteiger partial charge is 0.252 e. The third kappa shape index (κ3) is 7.86. The van der Waals surface area contributed by atoms with E-state index < -0.39 is 8.07 Å². The van der Waals surface area contributed by atoms with Crippen LogP contribution in [0.3, 0.4) is 0 Å². The first kappa shape index (κ1) is 50.9. The molecule has 13 rings (SSSR count). The van der Waals surface area contributed by atoms with Gasteiger partial charge in [0, 0.05) is 50.7 Å². The molecule has 8 aromatic rings. The van der Waals surface area contributed by atoms with Crippen molar-refractivity contribution < 1.29 is 0 Å². The van der Waals surface area contributed by atoms with Crippen LogP contribution < -0.4 is 36.3 Å². The summed E-state index contributed by atoms with van der Waals surface area (Å²) >= 11 is 0. The van der Waals surface area contributed by atoms with Gasteiger partial charge >= 0.3 is 0 Å². The van der Waals surface area contributed by atoms with Crippen molar-refractivity contribution in [1.29, 1.82) is 0 Å². The Labute approximate surface area is 468 Å². The maximum Gasteiger partial charge on any atom is 0.252 e. The lowest BCUT2D eigenvalue weighted by Gasteiger charge is -2.51. The largest absolute Gasteiger partial charge is 0.334 e. The molecule has 3 heterocycles. The summed E-state index contributed by atoms with van der Waals surface area (Å²) in [6, 6.07) is 62.8. The van der Waals surface area contributed by atoms with Crippen LogP contribution in [0.1, 0.15) is 128 Å². The molecule has 394 valence electrons. The predicted octanol–water partition coefficient (Wildman–Crippen LogP) is 17.4. The number of benzene rings is 8. The molecule has 0 N–H and O–H groups in total. The molecule has 3 aliphatic heterocycles. The average Bonchev–Trinajstić information content (AvgIpc) is 3.94. The van der Waals surface area contributed by atoms with Crippen LogP contribution in [0.5, 0.6) is 0 Å². The summed E-state index contributed by atoms with van der Waals surface area (Å²) in [4.78, 5) is 8.23. The standard InChI is InChI=1S/C73H80BN3Si/c1-47-37-66-68-67(38-47)76(62-33-28-53(70(5,6)7)42-57(62)49-25-19-16-20-26-49)65-43-54(77-63-34-30-55(78(12,13)14)44-58(63)72(10)35-21-22-36-73(72,77)11)29-31-59(65)74(68)60-39-50-45-71(8,9)46-51(50)40-64(60)75(66)61-32-27-52(69(2,3)4)41-56(61)48-23-17-15-18-24-48/h15-20,23-34,37-44H,21-22,35-36,45-46H2,1-14H3. The topological polar surface area (TPSA) is 9.72 Å². The highest BCUT2D eigenvalue weighted by atomic mass is 28.3. The van der Waals surface area contributed by atoms with Crippen LogP contribution in [-0.4, -0.2) is 20.3 Å². The van der Waals surface area contributed by atoms with Crippen molar-refractivity contribution in [2.24, 2.45) is 5.41 Å². The van der Waals surface area contributed by atoms with Gasteiger partial charge in [-0.2, -0.15) is 0 Å². The molecule has 0 aromatic heterocycles. The van der Waals surface area contributed by atoms with Crippen LogP contribution >= 0.6 is 0 Å². The zero-order valence-electron chi connectivity index (χ0n) is 49.2. The molecule has 0 bridgehead atoms. The molecule has 5 heteroatoms. The fraction of sp³-hybridized carbons (Fsp3) is 0.342. The SMILES string of the molecule is Cc1cc2c3c(c1)N(c1ccc(C(C)(C)C)cc1-c1ccccc1)c1cc4c(cc1B3c1ccc(N3c5ccc([Si](C)(C)C)cc5C5(C)CCCCC35C)cc1N2c1ccc(C(C)(C)C)cc1-c1ccccc1)CC(C)(C)C4. The number of nitrogens with zero attached hydrogens (tertiary/aromatic N) is 3. The van der Waals surface area contributed by atoms with Crippen LogP contribution in [0.15, 0.2) is 158 Å². The van der Waals surface area contributed by atoms with Gasteiger partial charge in [0.1, 0.15) is 0 Å². The number of hydrogen-bond donors (Lipinski definition) is 0. The molecule has 0 amide bonds. The fourth-order valence-corrected chi connectivity index (χ4v) is 16.2. The van der Waals surface area contributed by atoms with Crippen LogP contribution in [0.2, 0.25) is 19.6 Å². The summed E-state index contributed by atoms with van der Waals surface area (Å²) in [6.45, 7) is 34.1. The van der Waals surface area contributed by atoms with E-state index in [1.807, 2.05) is 0 Å². The molecule has 78 heavy (non-hydrogen) atoms. The predicted molar refractivity (Wildman–Crippen MR) is 340 cm³/mol. The van der Waals surface area contributed by atoms with Gasteiger partial charge < -0.3 is 14.7 Å². The summed E-state index contributed by atoms with van der Waals surface area (Å²) in [7, 11) is -1.59. The zero-order valence-corrected chi connectivity index (χ0v) is 50.2. The van der Waals surface area contributed by atoms with Gasteiger partial charge in [-0.1, -0.05) is 197 Å². The summed E-state index contributed by atoms with van der Waals surface area (Å²) in [5.41, 5.74) is 27.9. The first-order valence-electron chi connectivity index (χ1n) is 29.3. The Bertz CT molecular complexity index is 3740. The Hall–Kier alpha value is -6.56. The molecule has 2 atom stereocenters. The Kier molecular flexibility index (Phi) is 11.4. The fourth-order valence-electron chi connectivity index (χ4n) is 15.0. The van der Waals surface area contributed by atoms with E-state index in [9.17, 15) is 0 Å². The Morgan fingerprint density at radius 2 is 1.01 bits per heavy atom. The van der Waals surface area contributed by atoms with E-state index in [-0.39, 0.29) is 33.9 Å². The van der Waals surface area contributed by atoms with Crippen LogP contribution in [0, 0.1) is 12.3 Å². The third-order valence-corrected chi connectivity index (χ3v) is 21.5. The summed E-state index contributed by atoms with van der Waals surface area (Å²) < 4.78 is 0. The number of rotatable bonds is 6. The zero-order chi connectivity index (χ0) is 54.6. The maximum absolute atomic E-state index is 2.82. The van der Waals surface area contributed by atoms with Crippen molar-refractivity contribution in [2.75, 3.05) is 14.7 Å². The quantitative estimate of drug-likeness (QED) is 0.154. The molecule has 0 radical (unpaired) electrons. The second kappa shape index (κ2) is 17.5. The number of fused-ring (bicyclic) bond motifs is 8. The van der Waals surface area contributed by atoms with E-state index in [1.54, 1.807) is 10.8 Å². The van der Waals surface area contributed by atoms with E-state index >= 15 is 0 Å². The maximum atomic E-state index is 2.82. The van der Waals surface area contributed by atoms with E-state index in [0.29, 0.717) is 0 Å². The van der Waals surface area contributed by atoms with Crippen molar-refractivity contribution in [3.8, 4) is 22.3 Å². The van der Waals surface area contributed by atoms with Crippen LogP contribution in [0.4, 0.5) is 45.5 Å². The van der Waals surface area contributed by atoms with E-state index in [1.165, 1.54) is 131 Å². The first-order chi connectivity index (χ1) is 36.9.